The van der Waals surface area contributed by atoms with Gasteiger partial charge in [-0.1, -0.05) is 0 Å². The summed E-state index contributed by atoms with van der Waals surface area (Å²) in [6.45, 7) is 0.536. The van der Waals surface area contributed by atoms with Crippen LogP contribution in [0.1, 0.15) is 11.5 Å². The first kappa shape index (κ1) is 13.2. The van der Waals surface area contributed by atoms with Crippen LogP contribution in [0.4, 0.5) is 4.39 Å². The lowest BCUT2D eigenvalue weighted by Crippen LogP contribution is -2.16. The fourth-order valence-corrected chi connectivity index (χ4v) is 1.59. The molecule has 6 heteroatoms. The second-order valence-corrected chi connectivity index (χ2v) is 3.96. The maximum absolute atomic E-state index is 12.7. The zero-order valence-electron chi connectivity index (χ0n) is 10.2. The predicted molar refractivity (Wildman–Crippen MR) is 68.3 cm³/mol. The van der Waals surface area contributed by atoms with Gasteiger partial charge >= 0.3 is 0 Å². The fourth-order valence-electron chi connectivity index (χ4n) is 1.59. The van der Waals surface area contributed by atoms with Gasteiger partial charge in [0.1, 0.15) is 24.0 Å². The number of nitrogens with zero attached hydrogens (tertiary/aromatic N) is 1. The first-order valence-electron chi connectivity index (χ1n) is 5.85. The summed E-state index contributed by atoms with van der Waals surface area (Å²) in [5.41, 5.74) is 5.81. The fraction of sp³-hybridized carbons (Fsp3) is 0.231. The van der Waals surface area contributed by atoms with E-state index >= 15 is 0 Å². The summed E-state index contributed by atoms with van der Waals surface area (Å²) < 4.78 is 18.1. The molecule has 1 aromatic carbocycles. The zero-order valence-corrected chi connectivity index (χ0v) is 10.2. The second-order valence-electron chi connectivity index (χ2n) is 3.96. The van der Waals surface area contributed by atoms with Crippen molar-refractivity contribution in [2.24, 2.45) is 5.73 Å². The van der Waals surface area contributed by atoms with Gasteiger partial charge < -0.3 is 15.5 Å². The van der Waals surface area contributed by atoms with Gasteiger partial charge in [-0.15, -0.1) is 0 Å². The second kappa shape index (κ2) is 6.10. The maximum Gasteiger partial charge on any atom is 0.251 e. The first-order valence-corrected chi connectivity index (χ1v) is 5.85. The summed E-state index contributed by atoms with van der Waals surface area (Å²) in [6.07, 6.45) is 0.535. The molecule has 0 aliphatic rings. The van der Waals surface area contributed by atoms with Crippen molar-refractivity contribution in [1.82, 2.24) is 9.97 Å². The lowest BCUT2D eigenvalue weighted by molar-refractivity contribution is 0.294. The van der Waals surface area contributed by atoms with E-state index in [-0.39, 0.29) is 18.0 Å². The standard InChI is InChI=1S/C13H14FN3O2/c14-9-1-3-11(4-2-9)19-8-12-16-10(5-6-15)7-13(18)17-12/h1-4,7H,5-6,8,15H2,(H,16,17,18). The molecule has 0 saturated heterocycles. The lowest BCUT2D eigenvalue weighted by atomic mass is 10.3. The van der Waals surface area contributed by atoms with Crippen LogP contribution in [0.15, 0.2) is 35.1 Å². The molecule has 0 unspecified atom stereocenters. The highest BCUT2D eigenvalue weighted by Gasteiger charge is 2.02. The van der Waals surface area contributed by atoms with E-state index in [0.717, 1.165) is 0 Å². The summed E-state index contributed by atoms with van der Waals surface area (Å²) in [5, 5.41) is 0. The maximum atomic E-state index is 12.7. The third-order valence-electron chi connectivity index (χ3n) is 2.43. The van der Waals surface area contributed by atoms with E-state index in [4.69, 9.17) is 10.5 Å². The van der Waals surface area contributed by atoms with Crippen molar-refractivity contribution in [3.05, 3.63) is 58.0 Å². The number of nitrogens with one attached hydrogen (secondary N) is 1. The summed E-state index contributed by atoms with van der Waals surface area (Å²) >= 11 is 0. The van der Waals surface area contributed by atoms with Crippen LogP contribution in [0.2, 0.25) is 0 Å². The molecule has 3 N–H and O–H groups in total. The molecule has 0 aliphatic carbocycles. The monoisotopic (exact) mass is 263 g/mol. The molecule has 0 fully saturated rings. The largest absolute Gasteiger partial charge is 0.486 e. The molecule has 1 aromatic heterocycles. The van der Waals surface area contributed by atoms with Crippen LogP contribution in [0.3, 0.4) is 0 Å². The van der Waals surface area contributed by atoms with Crippen molar-refractivity contribution >= 4 is 0 Å². The summed E-state index contributed by atoms with van der Waals surface area (Å²) in [4.78, 5) is 18.2. The van der Waals surface area contributed by atoms with Crippen LogP contribution in [-0.2, 0) is 13.0 Å². The summed E-state index contributed by atoms with van der Waals surface area (Å²) in [6, 6.07) is 7.04. The highest BCUT2D eigenvalue weighted by atomic mass is 19.1. The molecule has 0 spiro atoms. The number of halogens is 1. The third-order valence-corrected chi connectivity index (χ3v) is 2.43. The number of aromatic amines is 1. The van der Waals surface area contributed by atoms with Gasteiger partial charge in [-0.25, -0.2) is 9.37 Å². The van der Waals surface area contributed by atoms with E-state index in [1.165, 1.54) is 30.3 Å². The van der Waals surface area contributed by atoms with Crippen molar-refractivity contribution in [2.45, 2.75) is 13.0 Å². The molecule has 0 atom stereocenters. The van der Waals surface area contributed by atoms with Gasteiger partial charge in [0.15, 0.2) is 0 Å². The number of aromatic nitrogens is 2. The van der Waals surface area contributed by atoms with Crippen LogP contribution in [0, 0.1) is 5.82 Å². The predicted octanol–water partition coefficient (Wildman–Crippen LogP) is 0.989. The molecule has 0 radical (unpaired) electrons. The Morgan fingerprint density at radius 1 is 1.32 bits per heavy atom. The van der Waals surface area contributed by atoms with Crippen molar-refractivity contribution in [3.63, 3.8) is 0 Å². The number of H-pyrrole nitrogens is 1. The quantitative estimate of drug-likeness (QED) is 0.843. The van der Waals surface area contributed by atoms with Gasteiger partial charge in [-0.2, -0.15) is 0 Å². The van der Waals surface area contributed by atoms with E-state index < -0.39 is 0 Å². The Balaban J connectivity index is 2.06. The minimum Gasteiger partial charge on any atom is -0.486 e. The normalized spacial score (nSPS) is 10.4. The zero-order chi connectivity index (χ0) is 13.7. The van der Waals surface area contributed by atoms with Gasteiger partial charge in [-0.05, 0) is 30.8 Å². The molecule has 0 aliphatic heterocycles. The highest BCUT2D eigenvalue weighted by molar-refractivity contribution is 5.22. The van der Waals surface area contributed by atoms with Crippen LogP contribution < -0.4 is 16.0 Å². The third kappa shape index (κ3) is 3.89. The molecular formula is C13H14FN3O2. The Hall–Kier alpha value is -2.21. The van der Waals surface area contributed by atoms with Crippen LogP contribution >= 0.6 is 0 Å². The summed E-state index contributed by atoms with van der Waals surface area (Å²) in [7, 11) is 0. The van der Waals surface area contributed by atoms with Crippen molar-refractivity contribution in [2.75, 3.05) is 6.54 Å². The Bertz CT molecular complexity index is 596. The summed E-state index contributed by atoms with van der Waals surface area (Å²) in [5.74, 6) is 0.595. The Labute approximate surface area is 109 Å². The van der Waals surface area contributed by atoms with Crippen LogP contribution in [-0.4, -0.2) is 16.5 Å². The average molecular weight is 263 g/mol. The van der Waals surface area contributed by atoms with Gasteiger partial charge in [0.25, 0.3) is 5.56 Å². The highest BCUT2D eigenvalue weighted by Crippen LogP contribution is 2.12. The molecule has 2 rings (SSSR count). The Morgan fingerprint density at radius 2 is 2.05 bits per heavy atom. The number of benzene rings is 1. The van der Waals surface area contributed by atoms with Crippen molar-refractivity contribution in [3.8, 4) is 5.75 Å². The molecule has 1 heterocycles. The van der Waals surface area contributed by atoms with E-state index in [2.05, 4.69) is 9.97 Å². The van der Waals surface area contributed by atoms with E-state index in [1.807, 2.05) is 0 Å². The van der Waals surface area contributed by atoms with E-state index in [1.54, 1.807) is 0 Å². The van der Waals surface area contributed by atoms with Gasteiger partial charge in [0.2, 0.25) is 0 Å². The van der Waals surface area contributed by atoms with Crippen LogP contribution in [0.5, 0.6) is 5.75 Å². The minimum atomic E-state index is -0.330. The molecular weight excluding hydrogens is 249 g/mol. The molecule has 0 bridgehead atoms. The number of hydrogen-bond donors (Lipinski definition) is 2. The average Bonchev–Trinajstić information content (AvgIpc) is 2.38. The molecule has 19 heavy (non-hydrogen) atoms. The van der Waals surface area contributed by atoms with Gasteiger partial charge in [-0.3, -0.25) is 4.79 Å². The van der Waals surface area contributed by atoms with E-state index in [0.29, 0.717) is 30.2 Å². The number of nitrogens with two attached hydrogens (primary N) is 1. The smallest absolute Gasteiger partial charge is 0.251 e. The Kier molecular flexibility index (Phi) is 4.25. The number of ether oxygens (including phenoxy) is 1. The SMILES string of the molecule is NCCc1cc(=O)[nH]c(COc2ccc(F)cc2)n1. The van der Waals surface area contributed by atoms with Crippen molar-refractivity contribution in [1.29, 1.82) is 0 Å². The topological polar surface area (TPSA) is 81.0 Å². The van der Waals surface area contributed by atoms with Crippen LogP contribution in [0.25, 0.3) is 0 Å². The first-order chi connectivity index (χ1) is 9.17. The van der Waals surface area contributed by atoms with Crippen molar-refractivity contribution < 1.29 is 9.13 Å². The minimum absolute atomic E-state index is 0.110. The molecule has 100 valence electrons. The molecule has 5 nitrogen and oxygen atoms in total. The molecule has 2 aromatic rings. The molecule has 0 saturated carbocycles. The van der Waals surface area contributed by atoms with E-state index in [9.17, 15) is 9.18 Å². The molecule has 0 amide bonds. The Morgan fingerprint density at radius 3 is 2.74 bits per heavy atom. The van der Waals surface area contributed by atoms with Gasteiger partial charge in [0.05, 0.1) is 0 Å². The number of hydrogen-bond acceptors (Lipinski definition) is 4. The van der Waals surface area contributed by atoms with Gasteiger partial charge in [0, 0.05) is 18.2 Å². The lowest BCUT2D eigenvalue weighted by Gasteiger charge is -2.06. The number of rotatable bonds is 5.